The minimum absolute atomic E-state index is 0.128. The summed E-state index contributed by atoms with van der Waals surface area (Å²) in [7, 11) is 0. The molecule has 1 heterocycles. The maximum absolute atomic E-state index is 14.1. The van der Waals surface area contributed by atoms with Gasteiger partial charge in [0.15, 0.2) is 0 Å². The molecule has 29 heavy (non-hydrogen) atoms. The van der Waals surface area contributed by atoms with Gasteiger partial charge in [0.2, 0.25) is 0 Å². The predicted molar refractivity (Wildman–Crippen MR) is 111 cm³/mol. The molecule has 0 spiro atoms. The van der Waals surface area contributed by atoms with E-state index >= 15 is 0 Å². The van der Waals surface area contributed by atoms with Crippen LogP contribution in [0.4, 0.5) is 8.78 Å². The summed E-state index contributed by atoms with van der Waals surface area (Å²) in [5.41, 5.74) is 1.20. The first-order valence-corrected chi connectivity index (χ1v) is 10.8. The molecule has 150 valence electrons. The maximum Gasteiger partial charge on any atom is 0.252 e. The average molecular weight is 413 g/mol. The van der Waals surface area contributed by atoms with Crippen LogP contribution < -0.4 is 5.32 Å². The molecular formula is C23H22F2N2OS. The fourth-order valence-corrected chi connectivity index (χ4v) is 4.59. The largest absolute Gasteiger partial charge is 0.349 e. The van der Waals surface area contributed by atoms with E-state index in [-0.39, 0.29) is 16.8 Å². The number of nitrogens with zero attached hydrogens (tertiary/aromatic N) is 1. The van der Waals surface area contributed by atoms with Gasteiger partial charge in [0, 0.05) is 22.4 Å². The molecule has 1 amide bonds. The van der Waals surface area contributed by atoms with E-state index in [2.05, 4.69) is 10.3 Å². The van der Waals surface area contributed by atoms with Crippen LogP contribution in [-0.2, 0) is 0 Å². The van der Waals surface area contributed by atoms with Crippen LogP contribution in [0.15, 0.2) is 58.5 Å². The summed E-state index contributed by atoms with van der Waals surface area (Å²) in [6, 6.07) is 12.8. The lowest BCUT2D eigenvalue weighted by atomic mass is 10.1. The summed E-state index contributed by atoms with van der Waals surface area (Å²) in [6.07, 6.45) is 6.69. The highest BCUT2D eigenvalue weighted by molar-refractivity contribution is 7.99. The Balaban J connectivity index is 1.66. The number of hydrogen-bond donors (Lipinski definition) is 1. The Labute approximate surface area is 172 Å². The van der Waals surface area contributed by atoms with Crippen LogP contribution in [0.25, 0.3) is 10.9 Å². The van der Waals surface area contributed by atoms with Crippen molar-refractivity contribution >= 4 is 28.6 Å². The number of nitrogens with one attached hydrogen (secondary N) is 1. The van der Waals surface area contributed by atoms with Gasteiger partial charge >= 0.3 is 0 Å². The predicted octanol–water partition coefficient (Wildman–Crippen LogP) is 6.12. The zero-order valence-electron chi connectivity index (χ0n) is 16.0. The number of hydrogen-bond acceptors (Lipinski definition) is 3. The second-order valence-corrected chi connectivity index (χ2v) is 8.43. The van der Waals surface area contributed by atoms with Gasteiger partial charge in [-0.25, -0.2) is 13.8 Å². The smallest absolute Gasteiger partial charge is 0.252 e. The second kappa shape index (κ2) is 8.91. The number of carbonyl (C=O) groups excluding carboxylic acids is 1. The molecule has 0 saturated heterocycles. The number of para-hydroxylation sites is 1. The van der Waals surface area contributed by atoms with Crippen molar-refractivity contribution in [2.75, 3.05) is 0 Å². The van der Waals surface area contributed by atoms with Crippen molar-refractivity contribution in [2.45, 2.75) is 54.5 Å². The number of carbonyl (C=O) groups is 1. The number of pyridine rings is 1. The van der Waals surface area contributed by atoms with E-state index in [0.717, 1.165) is 48.9 Å². The molecule has 0 unspecified atom stereocenters. The van der Waals surface area contributed by atoms with Gasteiger partial charge in [-0.2, -0.15) is 0 Å². The summed E-state index contributed by atoms with van der Waals surface area (Å²) in [5.74, 6) is -1.40. The third-order valence-electron chi connectivity index (χ3n) is 5.24. The normalized spacial score (nSPS) is 15.2. The van der Waals surface area contributed by atoms with Crippen LogP contribution in [0.2, 0.25) is 0 Å². The molecule has 3 aromatic rings. The Kier molecular flexibility index (Phi) is 6.09. The number of fused-ring (bicyclic) bond motifs is 1. The van der Waals surface area contributed by atoms with E-state index in [9.17, 15) is 13.6 Å². The first-order valence-electron chi connectivity index (χ1n) is 9.94. The maximum atomic E-state index is 14.1. The van der Waals surface area contributed by atoms with Crippen molar-refractivity contribution in [2.24, 2.45) is 0 Å². The molecule has 1 aliphatic carbocycles. The van der Waals surface area contributed by atoms with Gasteiger partial charge in [0.25, 0.3) is 5.91 Å². The van der Waals surface area contributed by atoms with Gasteiger partial charge in [-0.15, -0.1) is 0 Å². The molecule has 3 nitrogen and oxygen atoms in total. The lowest BCUT2D eigenvalue weighted by Crippen LogP contribution is -2.34. The van der Waals surface area contributed by atoms with E-state index in [1.54, 1.807) is 6.07 Å². The minimum atomic E-state index is -0.644. The fourth-order valence-electron chi connectivity index (χ4n) is 3.75. The first kappa shape index (κ1) is 19.8. The number of aromatic nitrogens is 1. The van der Waals surface area contributed by atoms with Crippen molar-refractivity contribution in [3.8, 4) is 0 Å². The Bertz CT molecular complexity index is 1030. The standard InChI is InChI=1S/C23H22F2N2OS/c24-15-11-12-21(19(25)13-15)29-22-14-18(17-9-5-6-10-20(17)27-22)23(28)26-16-7-3-1-2-4-8-16/h5-6,9-14,16H,1-4,7-8H2,(H,26,28). The molecule has 6 heteroatoms. The Morgan fingerprint density at radius 2 is 1.76 bits per heavy atom. The van der Waals surface area contributed by atoms with Crippen LogP contribution in [0.1, 0.15) is 48.9 Å². The van der Waals surface area contributed by atoms with E-state index < -0.39 is 11.6 Å². The summed E-state index contributed by atoms with van der Waals surface area (Å²) in [4.78, 5) is 17.9. The molecular weight excluding hydrogens is 390 g/mol. The van der Waals surface area contributed by atoms with Gasteiger partial charge in [0.1, 0.15) is 16.7 Å². The van der Waals surface area contributed by atoms with Crippen molar-refractivity contribution in [3.63, 3.8) is 0 Å². The summed E-state index contributed by atoms with van der Waals surface area (Å²) in [5, 5.41) is 4.44. The van der Waals surface area contributed by atoms with Gasteiger partial charge in [0.05, 0.1) is 11.1 Å². The monoisotopic (exact) mass is 412 g/mol. The second-order valence-electron chi connectivity index (χ2n) is 7.36. The zero-order chi connectivity index (χ0) is 20.2. The van der Waals surface area contributed by atoms with Crippen molar-refractivity contribution in [3.05, 3.63) is 65.7 Å². The highest BCUT2D eigenvalue weighted by Gasteiger charge is 2.19. The van der Waals surface area contributed by atoms with Crippen LogP contribution in [0.5, 0.6) is 0 Å². The zero-order valence-corrected chi connectivity index (χ0v) is 16.8. The van der Waals surface area contributed by atoms with Crippen LogP contribution >= 0.6 is 11.8 Å². The van der Waals surface area contributed by atoms with Gasteiger partial charge in [-0.3, -0.25) is 4.79 Å². The third-order valence-corrected chi connectivity index (χ3v) is 6.21. The highest BCUT2D eigenvalue weighted by atomic mass is 32.2. The van der Waals surface area contributed by atoms with Gasteiger partial charge in [-0.1, -0.05) is 55.6 Å². The number of benzene rings is 2. The number of halogens is 2. The molecule has 4 rings (SSSR count). The van der Waals surface area contributed by atoms with Crippen molar-refractivity contribution < 1.29 is 13.6 Å². The molecule has 0 aliphatic heterocycles. The topological polar surface area (TPSA) is 42.0 Å². The van der Waals surface area contributed by atoms with E-state index in [4.69, 9.17) is 0 Å². The molecule has 2 aromatic carbocycles. The number of rotatable bonds is 4. The Hall–Kier alpha value is -2.47. The van der Waals surface area contributed by atoms with Crippen LogP contribution in [0, 0.1) is 11.6 Å². The SMILES string of the molecule is O=C(NC1CCCCCC1)c1cc(Sc2ccc(F)cc2F)nc2ccccc12. The summed E-state index contributed by atoms with van der Waals surface area (Å²) in [6.45, 7) is 0. The molecule has 1 aromatic heterocycles. The lowest BCUT2D eigenvalue weighted by Gasteiger charge is -2.17. The third kappa shape index (κ3) is 4.75. The first-order chi connectivity index (χ1) is 14.1. The van der Waals surface area contributed by atoms with Crippen molar-refractivity contribution in [1.29, 1.82) is 0 Å². The van der Waals surface area contributed by atoms with Gasteiger partial charge in [-0.05, 0) is 37.1 Å². The van der Waals surface area contributed by atoms with E-state index in [0.29, 0.717) is 16.1 Å². The molecule has 0 bridgehead atoms. The summed E-state index contributed by atoms with van der Waals surface area (Å²) >= 11 is 1.09. The molecule has 1 aliphatic rings. The molecule has 1 N–H and O–H groups in total. The Morgan fingerprint density at radius 1 is 1.00 bits per heavy atom. The molecule has 1 saturated carbocycles. The highest BCUT2D eigenvalue weighted by Crippen LogP contribution is 2.32. The number of amides is 1. The fraction of sp³-hybridized carbons (Fsp3) is 0.304. The average Bonchev–Trinajstić information content (AvgIpc) is 2.98. The van der Waals surface area contributed by atoms with Gasteiger partial charge < -0.3 is 5.32 Å². The van der Waals surface area contributed by atoms with Crippen LogP contribution in [0.3, 0.4) is 0 Å². The van der Waals surface area contributed by atoms with Crippen molar-refractivity contribution in [1.82, 2.24) is 10.3 Å². The molecule has 1 fully saturated rings. The minimum Gasteiger partial charge on any atom is -0.349 e. The quantitative estimate of drug-likeness (QED) is 0.525. The summed E-state index contributed by atoms with van der Waals surface area (Å²) < 4.78 is 27.3. The van der Waals surface area contributed by atoms with E-state index in [1.807, 2.05) is 24.3 Å². The van der Waals surface area contributed by atoms with E-state index in [1.165, 1.54) is 25.0 Å². The lowest BCUT2D eigenvalue weighted by molar-refractivity contribution is 0.0934. The molecule has 0 atom stereocenters. The Morgan fingerprint density at radius 3 is 2.52 bits per heavy atom. The van der Waals surface area contributed by atoms with Crippen LogP contribution in [-0.4, -0.2) is 16.9 Å². The molecule has 0 radical (unpaired) electrons.